The van der Waals surface area contributed by atoms with Crippen LogP contribution in [0.25, 0.3) is 38.6 Å². The van der Waals surface area contributed by atoms with Gasteiger partial charge >= 0.3 is 0 Å². The molecule has 214 valence electrons. The summed E-state index contributed by atoms with van der Waals surface area (Å²) < 4.78 is 43.9. The fraction of sp³-hybridized carbons (Fsp3) is 0.0769. The summed E-state index contributed by atoms with van der Waals surface area (Å²) in [6.07, 6.45) is 0. The Morgan fingerprint density at radius 2 is 1.05 bits per heavy atom. The standard InChI is InChI=1S/C39H27F3N2/c1-39(2)30-11-5-8-14-36(30)43(26-17-15-24(16-18-26)25-21-32(40)38(42)33(41)22-25)37-20-19-27(23-31(37)39)44-34-12-6-3-9-28(34)29-10-4-7-13-35(29)44/h3-23H,1-2H3. The van der Waals surface area contributed by atoms with Gasteiger partial charge in [0.15, 0.2) is 17.5 Å². The lowest BCUT2D eigenvalue weighted by molar-refractivity contribution is 0.448. The zero-order valence-corrected chi connectivity index (χ0v) is 24.2. The number of benzene rings is 6. The van der Waals surface area contributed by atoms with Crippen molar-refractivity contribution >= 4 is 38.9 Å². The normalized spacial score (nSPS) is 13.7. The first-order valence-electron chi connectivity index (χ1n) is 14.6. The molecule has 0 bridgehead atoms. The van der Waals surface area contributed by atoms with E-state index >= 15 is 0 Å². The molecule has 1 aromatic heterocycles. The van der Waals surface area contributed by atoms with E-state index in [4.69, 9.17) is 0 Å². The zero-order valence-electron chi connectivity index (χ0n) is 24.2. The molecule has 0 saturated heterocycles. The van der Waals surface area contributed by atoms with E-state index in [-0.39, 0.29) is 11.0 Å². The van der Waals surface area contributed by atoms with Crippen molar-refractivity contribution in [2.75, 3.05) is 4.90 Å². The summed E-state index contributed by atoms with van der Waals surface area (Å²) in [7, 11) is 0. The van der Waals surface area contributed by atoms with Crippen LogP contribution in [-0.2, 0) is 5.41 Å². The van der Waals surface area contributed by atoms with Gasteiger partial charge in [0.1, 0.15) is 0 Å². The van der Waals surface area contributed by atoms with E-state index in [2.05, 4.69) is 108 Å². The van der Waals surface area contributed by atoms with Crippen LogP contribution in [-0.4, -0.2) is 4.57 Å². The second-order valence-corrected chi connectivity index (χ2v) is 11.8. The number of para-hydroxylation sites is 3. The number of rotatable bonds is 3. The number of nitrogens with zero attached hydrogens (tertiary/aromatic N) is 2. The minimum atomic E-state index is -1.46. The molecule has 0 atom stereocenters. The quantitative estimate of drug-likeness (QED) is 0.189. The van der Waals surface area contributed by atoms with Gasteiger partial charge < -0.3 is 9.47 Å². The number of aromatic nitrogens is 1. The third-order valence-electron chi connectivity index (χ3n) is 8.99. The number of hydrogen-bond acceptors (Lipinski definition) is 1. The van der Waals surface area contributed by atoms with Crippen LogP contribution in [0.2, 0.25) is 0 Å². The lowest BCUT2D eigenvalue weighted by atomic mass is 9.73. The minimum absolute atomic E-state index is 0.282. The predicted molar refractivity (Wildman–Crippen MR) is 173 cm³/mol. The summed E-state index contributed by atoms with van der Waals surface area (Å²) in [4.78, 5) is 2.24. The molecule has 2 nitrogen and oxygen atoms in total. The van der Waals surface area contributed by atoms with E-state index in [1.54, 1.807) is 0 Å². The van der Waals surface area contributed by atoms with Gasteiger partial charge in [-0.15, -0.1) is 0 Å². The van der Waals surface area contributed by atoms with Crippen LogP contribution < -0.4 is 4.90 Å². The molecular formula is C39H27F3N2. The molecule has 0 radical (unpaired) electrons. The van der Waals surface area contributed by atoms with Crippen LogP contribution in [0.3, 0.4) is 0 Å². The maximum Gasteiger partial charge on any atom is 0.194 e. The van der Waals surface area contributed by atoms with Crippen molar-refractivity contribution in [2.45, 2.75) is 19.3 Å². The van der Waals surface area contributed by atoms with E-state index in [0.29, 0.717) is 5.56 Å². The highest BCUT2D eigenvalue weighted by atomic mass is 19.2. The second kappa shape index (κ2) is 9.61. The predicted octanol–water partition coefficient (Wildman–Crippen LogP) is 11.0. The zero-order chi connectivity index (χ0) is 30.2. The van der Waals surface area contributed by atoms with Crippen molar-refractivity contribution in [1.82, 2.24) is 4.57 Å². The smallest absolute Gasteiger partial charge is 0.194 e. The van der Waals surface area contributed by atoms with Crippen LogP contribution in [0.1, 0.15) is 25.0 Å². The van der Waals surface area contributed by atoms with Crippen LogP contribution in [0.5, 0.6) is 0 Å². The van der Waals surface area contributed by atoms with Crippen molar-refractivity contribution in [1.29, 1.82) is 0 Å². The molecule has 44 heavy (non-hydrogen) atoms. The van der Waals surface area contributed by atoms with Crippen molar-refractivity contribution in [3.05, 3.63) is 156 Å². The van der Waals surface area contributed by atoms with Gasteiger partial charge in [-0.2, -0.15) is 0 Å². The van der Waals surface area contributed by atoms with Crippen LogP contribution in [0.15, 0.2) is 127 Å². The molecule has 0 unspecified atom stereocenters. The lowest BCUT2D eigenvalue weighted by Crippen LogP contribution is -2.30. The van der Waals surface area contributed by atoms with Crippen molar-refractivity contribution in [2.24, 2.45) is 0 Å². The molecule has 8 rings (SSSR count). The molecule has 0 saturated carbocycles. The van der Waals surface area contributed by atoms with Crippen molar-refractivity contribution in [3.8, 4) is 16.8 Å². The molecule has 0 N–H and O–H groups in total. The number of fused-ring (bicyclic) bond motifs is 5. The molecule has 0 aliphatic carbocycles. The fourth-order valence-corrected chi connectivity index (χ4v) is 6.83. The summed E-state index contributed by atoms with van der Waals surface area (Å²) >= 11 is 0. The van der Waals surface area contributed by atoms with Gasteiger partial charge in [-0.25, -0.2) is 13.2 Å². The molecule has 6 aromatic carbocycles. The highest BCUT2D eigenvalue weighted by molar-refractivity contribution is 6.09. The molecule has 5 heteroatoms. The minimum Gasteiger partial charge on any atom is -0.310 e. The van der Waals surface area contributed by atoms with Gasteiger partial charge in [-0.3, -0.25) is 0 Å². The Labute approximate surface area is 253 Å². The summed E-state index contributed by atoms with van der Waals surface area (Å²) in [5.74, 6) is -3.87. The topological polar surface area (TPSA) is 8.17 Å². The molecule has 1 aliphatic heterocycles. The van der Waals surface area contributed by atoms with E-state index in [1.807, 2.05) is 30.3 Å². The summed E-state index contributed by atoms with van der Waals surface area (Å²) in [5.41, 5.74) is 9.40. The second-order valence-electron chi connectivity index (χ2n) is 11.8. The lowest BCUT2D eigenvalue weighted by Gasteiger charge is -2.42. The summed E-state index contributed by atoms with van der Waals surface area (Å²) in [6.45, 7) is 4.52. The average Bonchev–Trinajstić information content (AvgIpc) is 3.38. The van der Waals surface area contributed by atoms with Gasteiger partial charge in [0.05, 0.1) is 22.4 Å². The maximum absolute atomic E-state index is 14.0. The highest BCUT2D eigenvalue weighted by Gasteiger charge is 2.37. The Morgan fingerprint density at radius 1 is 0.500 bits per heavy atom. The van der Waals surface area contributed by atoms with Crippen LogP contribution in [0, 0.1) is 17.5 Å². The van der Waals surface area contributed by atoms with E-state index in [0.717, 1.165) is 45.9 Å². The van der Waals surface area contributed by atoms with Gasteiger partial charge in [0.2, 0.25) is 0 Å². The molecule has 2 heterocycles. The Hall–Kier alpha value is -5.29. The van der Waals surface area contributed by atoms with Gasteiger partial charge in [-0.1, -0.05) is 80.6 Å². The first-order valence-corrected chi connectivity index (χ1v) is 14.6. The number of halogens is 3. The Kier molecular flexibility index (Phi) is 5.76. The first-order chi connectivity index (χ1) is 21.3. The SMILES string of the molecule is CC1(C)c2ccccc2N(c2ccc(-c3cc(F)c(F)c(F)c3)cc2)c2ccc(-n3c4ccccc4c4ccccc43)cc21. The third kappa shape index (κ3) is 3.82. The van der Waals surface area contributed by atoms with Gasteiger partial charge in [0.25, 0.3) is 0 Å². The molecule has 1 aliphatic rings. The van der Waals surface area contributed by atoms with Crippen molar-refractivity contribution in [3.63, 3.8) is 0 Å². The molecule has 0 amide bonds. The molecule has 0 spiro atoms. The van der Waals surface area contributed by atoms with E-state index in [1.165, 1.54) is 21.9 Å². The molecular weight excluding hydrogens is 553 g/mol. The summed E-state index contributed by atoms with van der Waals surface area (Å²) in [5, 5.41) is 2.43. The summed E-state index contributed by atoms with van der Waals surface area (Å²) in [6, 6.07) is 41.6. The maximum atomic E-state index is 14.0. The Bertz CT molecular complexity index is 2170. The monoisotopic (exact) mass is 580 g/mol. The Balaban J connectivity index is 1.30. The van der Waals surface area contributed by atoms with Crippen LogP contribution >= 0.6 is 0 Å². The highest BCUT2D eigenvalue weighted by Crippen LogP contribution is 2.52. The largest absolute Gasteiger partial charge is 0.310 e. The average molecular weight is 581 g/mol. The van der Waals surface area contributed by atoms with E-state index < -0.39 is 17.5 Å². The fourth-order valence-electron chi connectivity index (χ4n) is 6.83. The first kappa shape index (κ1) is 26.3. The van der Waals surface area contributed by atoms with Crippen molar-refractivity contribution < 1.29 is 13.2 Å². The van der Waals surface area contributed by atoms with Gasteiger partial charge in [0, 0.05) is 27.6 Å². The number of hydrogen-bond donors (Lipinski definition) is 0. The molecule has 7 aromatic rings. The molecule has 0 fully saturated rings. The third-order valence-corrected chi connectivity index (χ3v) is 8.99. The van der Waals surface area contributed by atoms with Gasteiger partial charge in [-0.05, 0) is 82.9 Å². The Morgan fingerprint density at radius 3 is 1.70 bits per heavy atom. The van der Waals surface area contributed by atoms with E-state index in [9.17, 15) is 13.2 Å². The van der Waals surface area contributed by atoms with Crippen LogP contribution in [0.4, 0.5) is 30.2 Å². The number of anilines is 3.